The van der Waals surface area contributed by atoms with Crippen molar-refractivity contribution in [1.29, 1.82) is 0 Å². The van der Waals surface area contributed by atoms with Gasteiger partial charge in [0.2, 0.25) is 0 Å². The van der Waals surface area contributed by atoms with Crippen molar-refractivity contribution in [2.75, 3.05) is 41.4 Å². The number of methoxy groups -OCH3 is 2. The number of carbonyl (C=O) groups excluding carboxylic acids is 1. The standard InChI is InChI=1S/C14H21ClN2O3/c1-17(2)9-8-16-13(14(18)20-4)12-10(15)6-5-7-11(12)19-3/h5-7,13,16H,8-9H2,1-4H3. The summed E-state index contributed by atoms with van der Waals surface area (Å²) in [5.41, 5.74) is 0.599. The lowest BCUT2D eigenvalue weighted by Gasteiger charge is -2.21. The quantitative estimate of drug-likeness (QED) is 0.777. The van der Waals surface area contributed by atoms with Gasteiger partial charge in [-0.2, -0.15) is 0 Å². The van der Waals surface area contributed by atoms with E-state index in [4.69, 9.17) is 21.1 Å². The molecule has 1 rings (SSSR count). The van der Waals surface area contributed by atoms with Crippen molar-refractivity contribution in [3.05, 3.63) is 28.8 Å². The number of ether oxygens (including phenoxy) is 2. The second-order valence-corrected chi connectivity index (χ2v) is 4.98. The first kappa shape index (κ1) is 16.8. The molecule has 0 aromatic heterocycles. The Labute approximate surface area is 124 Å². The van der Waals surface area contributed by atoms with Crippen molar-refractivity contribution in [3.63, 3.8) is 0 Å². The maximum atomic E-state index is 12.0. The Morgan fingerprint density at radius 1 is 1.40 bits per heavy atom. The molecule has 1 aromatic carbocycles. The van der Waals surface area contributed by atoms with Gasteiger partial charge in [-0.15, -0.1) is 0 Å². The summed E-state index contributed by atoms with van der Waals surface area (Å²) in [5.74, 6) is 0.167. The third kappa shape index (κ3) is 4.37. The molecule has 0 saturated carbocycles. The molecule has 0 radical (unpaired) electrons. The van der Waals surface area contributed by atoms with Crippen LogP contribution in [0.15, 0.2) is 18.2 Å². The summed E-state index contributed by atoms with van der Waals surface area (Å²) in [6.07, 6.45) is 0. The highest BCUT2D eigenvalue weighted by atomic mass is 35.5. The van der Waals surface area contributed by atoms with Gasteiger partial charge in [-0.25, -0.2) is 4.79 Å². The number of nitrogens with one attached hydrogen (secondary N) is 1. The highest BCUT2D eigenvalue weighted by Gasteiger charge is 2.26. The minimum atomic E-state index is -0.649. The molecule has 0 fully saturated rings. The van der Waals surface area contributed by atoms with E-state index in [9.17, 15) is 4.79 Å². The Morgan fingerprint density at radius 2 is 2.10 bits per heavy atom. The summed E-state index contributed by atoms with van der Waals surface area (Å²) in [4.78, 5) is 14.0. The van der Waals surface area contributed by atoms with Crippen LogP contribution in [0.3, 0.4) is 0 Å². The number of hydrogen-bond acceptors (Lipinski definition) is 5. The third-order valence-electron chi connectivity index (χ3n) is 2.87. The number of benzene rings is 1. The lowest BCUT2D eigenvalue weighted by atomic mass is 10.1. The highest BCUT2D eigenvalue weighted by Crippen LogP contribution is 2.32. The number of nitrogens with zero attached hydrogens (tertiary/aromatic N) is 1. The minimum absolute atomic E-state index is 0.393. The van der Waals surface area contributed by atoms with Crippen LogP contribution in [0, 0.1) is 0 Å². The molecule has 1 unspecified atom stereocenters. The fourth-order valence-corrected chi connectivity index (χ4v) is 2.10. The number of likely N-dealkylation sites (N-methyl/N-ethyl adjacent to an activating group) is 1. The van der Waals surface area contributed by atoms with Crippen molar-refractivity contribution in [2.24, 2.45) is 0 Å². The summed E-state index contributed by atoms with van der Waals surface area (Å²) in [5, 5.41) is 3.62. The van der Waals surface area contributed by atoms with E-state index < -0.39 is 12.0 Å². The molecule has 0 spiro atoms. The summed E-state index contributed by atoms with van der Waals surface area (Å²) in [6.45, 7) is 1.42. The first-order chi connectivity index (χ1) is 9.51. The highest BCUT2D eigenvalue weighted by molar-refractivity contribution is 6.31. The summed E-state index contributed by atoms with van der Waals surface area (Å²) in [6, 6.07) is 4.62. The normalized spacial score (nSPS) is 12.3. The van der Waals surface area contributed by atoms with E-state index in [-0.39, 0.29) is 0 Å². The molecule has 0 aliphatic rings. The third-order valence-corrected chi connectivity index (χ3v) is 3.20. The van der Waals surface area contributed by atoms with Crippen LogP contribution in [0.5, 0.6) is 5.75 Å². The molecule has 6 heteroatoms. The number of esters is 1. The van der Waals surface area contributed by atoms with E-state index in [0.29, 0.717) is 22.9 Å². The molecule has 5 nitrogen and oxygen atoms in total. The first-order valence-electron chi connectivity index (χ1n) is 6.29. The smallest absolute Gasteiger partial charge is 0.327 e. The summed E-state index contributed by atoms with van der Waals surface area (Å²) >= 11 is 6.21. The summed E-state index contributed by atoms with van der Waals surface area (Å²) in [7, 11) is 6.82. The second-order valence-electron chi connectivity index (χ2n) is 4.57. The van der Waals surface area contributed by atoms with Gasteiger partial charge in [-0.05, 0) is 26.2 Å². The van der Waals surface area contributed by atoms with Crippen LogP contribution in [0.4, 0.5) is 0 Å². The minimum Gasteiger partial charge on any atom is -0.496 e. The van der Waals surface area contributed by atoms with E-state index in [2.05, 4.69) is 5.32 Å². The van der Waals surface area contributed by atoms with E-state index in [0.717, 1.165) is 6.54 Å². The number of rotatable bonds is 7. The number of carbonyl (C=O) groups is 1. The van der Waals surface area contributed by atoms with Crippen LogP contribution >= 0.6 is 11.6 Å². The van der Waals surface area contributed by atoms with Crippen molar-refractivity contribution < 1.29 is 14.3 Å². The molecule has 0 heterocycles. The van der Waals surface area contributed by atoms with Gasteiger partial charge in [0, 0.05) is 23.7 Å². The van der Waals surface area contributed by atoms with Gasteiger partial charge in [0.05, 0.1) is 14.2 Å². The maximum Gasteiger partial charge on any atom is 0.327 e. The van der Waals surface area contributed by atoms with Crippen LogP contribution in [0.2, 0.25) is 5.02 Å². The molecule has 112 valence electrons. The van der Waals surface area contributed by atoms with Crippen molar-refractivity contribution in [1.82, 2.24) is 10.2 Å². The fraction of sp³-hybridized carbons (Fsp3) is 0.500. The molecule has 0 saturated heterocycles. The average Bonchev–Trinajstić information content (AvgIpc) is 2.43. The van der Waals surface area contributed by atoms with Gasteiger partial charge in [0.25, 0.3) is 0 Å². The first-order valence-corrected chi connectivity index (χ1v) is 6.67. The van der Waals surface area contributed by atoms with Gasteiger partial charge >= 0.3 is 5.97 Å². The molecule has 0 amide bonds. The van der Waals surface area contributed by atoms with Gasteiger partial charge < -0.3 is 14.4 Å². The molecule has 1 N–H and O–H groups in total. The predicted molar refractivity (Wildman–Crippen MR) is 79.3 cm³/mol. The molecule has 1 atom stereocenters. The molecule has 0 aliphatic carbocycles. The second kappa shape index (κ2) is 8.09. The van der Waals surface area contributed by atoms with Crippen LogP contribution < -0.4 is 10.1 Å². The van der Waals surface area contributed by atoms with Crippen LogP contribution in [-0.2, 0) is 9.53 Å². The Balaban J connectivity index is 3.01. The summed E-state index contributed by atoms with van der Waals surface area (Å²) < 4.78 is 10.1. The van der Waals surface area contributed by atoms with Gasteiger partial charge in [0.1, 0.15) is 11.8 Å². The zero-order valence-corrected chi connectivity index (χ0v) is 13.0. The maximum absolute atomic E-state index is 12.0. The predicted octanol–water partition coefficient (Wildman–Crippen LogP) is 1.71. The molecule has 0 aliphatic heterocycles. The van der Waals surface area contributed by atoms with Gasteiger partial charge in [-0.3, -0.25) is 5.32 Å². The van der Waals surface area contributed by atoms with Gasteiger partial charge in [-0.1, -0.05) is 17.7 Å². The van der Waals surface area contributed by atoms with E-state index in [1.807, 2.05) is 19.0 Å². The molecular formula is C14H21ClN2O3. The largest absolute Gasteiger partial charge is 0.496 e. The Kier molecular flexibility index (Phi) is 6.78. The Hall–Kier alpha value is -1.30. The lowest BCUT2D eigenvalue weighted by Crippen LogP contribution is -2.35. The number of halogens is 1. The van der Waals surface area contributed by atoms with Gasteiger partial charge in [0.15, 0.2) is 0 Å². The zero-order chi connectivity index (χ0) is 15.1. The monoisotopic (exact) mass is 300 g/mol. The fourth-order valence-electron chi connectivity index (χ4n) is 1.83. The average molecular weight is 301 g/mol. The van der Waals surface area contributed by atoms with Crippen molar-refractivity contribution >= 4 is 17.6 Å². The van der Waals surface area contributed by atoms with E-state index in [1.54, 1.807) is 25.3 Å². The van der Waals surface area contributed by atoms with Crippen LogP contribution in [-0.4, -0.2) is 52.3 Å². The lowest BCUT2D eigenvalue weighted by molar-refractivity contribution is -0.143. The molecule has 1 aromatic rings. The SMILES string of the molecule is COC(=O)C(NCCN(C)C)c1c(Cl)cccc1OC. The Morgan fingerprint density at radius 3 is 2.65 bits per heavy atom. The molecule has 20 heavy (non-hydrogen) atoms. The molecule has 0 bridgehead atoms. The van der Waals surface area contributed by atoms with Crippen molar-refractivity contribution in [2.45, 2.75) is 6.04 Å². The zero-order valence-electron chi connectivity index (χ0n) is 12.3. The van der Waals surface area contributed by atoms with Crippen molar-refractivity contribution in [3.8, 4) is 5.75 Å². The van der Waals surface area contributed by atoms with E-state index >= 15 is 0 Å². The van der Waals surface area contributed by atoms with Crippen LogP contribution in [0.25, 0.3) is 0 Å². The number of hydrogen-bond donors (Lipinski definition) is 1. The topological polar surface area (TPSA) is 50.8 Å². The van der Waals surface area contributed by atoms with Crippen LogP contribution in [0.1, 0.15) is 11.6 Å². The molecular weight excluding hydrogens is 280 g/mol. The van der Waals surface area contributed by atoms with E-state index in [1.165, 1.54) is 7.11 Å². The Bertz CT molecular complexity index is 452.